The van der Waals surface area contributed by atoms with E-state index in [0.717, 1.165) is 16.2 Å². The van der Waals surface area contributed by atoms with E-state index in [1.807, 2.05) is 48.7 Å². The predicted molar refractivity (Wildman–Crippen MR) is 98.2 cm³/mol. The maximum atomic E-state index is 5.74. The maximum absolute atomic E-state index is 5.74. The number of rotatable bonds is 6. The summed E-state index contributed by atoms with van der Waals surface area (Å²) in [5, 5.41) is 18.7. The first-order valence-corrected chi connectivity index (χ1v) is 9.50. The molecule has 9 heteroatoms. The molecule has 3 aromatic heterocycles. The van der Waals surface area contributed by atoms with Gasteiger partial charge in [0.05, 0.1) is 17.2 Å². The van der Waals surface area contributed by atoms with Gasteiger partial charge in [0.1, 0.15) is 5.75 Å². The average Bonchev–Trinajstić information content (AvgIpc) is 3.41. The van der Waals surface area contributed by atoms with E-state index < -0.39 is 0 Å². The van der Waals surface area contributed by atoms with Crippen LogP contribution in [0.3, 0.4) is 0 Å². The normalized spacial score (nSPS) is 12.2. The Morgan fingerprint density at radius 3 is 2.54 bits per heavy atom. The van der Waals surface area contributed by atoms with Gasteiger partial charge in [-0.25, -0.2) is 0 Å². The second kappa shape index (κ2) is 7.30. The molecule has 0 saturated carbocycles. The summed E-state index contributed by atoms with van der Waals surface area (Å²) in [6.45, 7) is 1.95. The summed E-state index contributed by atoms with van der Waals surface area (Å²) in [5.41, 5.74) is 0.829. The third-order valence-corrected chi connectivity index (χ3v) is 5.32. The topological polar surface area (TPSA) is 87.1 Å². The molecule has 0 aliphatic carbocycles. The molecule has 0 bridgehead atoms. The van der Waals surface area contributed by atoms with Crippen LogP contribution in [0, 0.1) is 0 Å². The molecule has 0 amide bonds. The van der Waals surface area contributed by atoms with Crippen molar-refractivity contribution >= 4 is 23.1 Å². The lowest BCUT2D eigenvalue weighted by molar-refractivity contribution is 0.414. The lowest BCUT2D eigenvalue weighted by atomic mass is 10.2. The summed E-state index contributed by atoms with van der Waals surface area (Å²) in [6.07, 6.45) is 0. The van der Waals surface area contributed by atoms with Gasteiger partial charge in [0, 0.05) is 5.56 Å². The third-order valence-electron chi connectivity index (χ3n) is 3.54. The molecular formula is C17H14N4O3S2. The van der Waals surface area contributed by atoms with Crippen LogP contribution >= 0.6 is 23.1 Å². The van der Waals surface area contributed by atoms with E-state index >= 15 is 0 Å². The zero-order valence-electron chi connectivity index (χ0n) is 13.9. The highest BCUT2D eigenvalue weighted by Crippen LogP contribution is 2.36. The van der Waals surface area contributed by atoms with E-state index in [9.17, 15) is 0 Å². The van der Waals surface area contributed by atoms with Crippen molar-refractivity contribution in [2.75, 3.05) is 7.11 Å². The van der Waals surface area contributed by atoms with Crippen molar-refractivity contribution in [3.63, 3.8) is 0 Å². The molecular weight excluding hydrogens is 372 g/mol. The molecule has 0 fully saturated rings. The van der Waals surface area contributed by atoms with Crippen molar-refractivity contribution in [1.82, 2.24) is 20.4 Å². The summed E-state index contributed by atoms with van der Waals surface area (Å²) >= 11 is 2.93. The summed E-state index contributed by atoms with van der Waals surface area (Å²) in [7, 11) is 1.62. The molecule has 4 aromatic rings. The van der Waals surface area contributed by atoms with Gasteiger partial charge in [0.15, 0.2) is 0 Å². The van der Waals surface area contributed by atoms with Crippen LogP contribution in [0.5, 0.6) is 5.75 Å². The Labute approximate surface area is 157 Å². The lowest BCUT2D eigenvalue weighted by Gasteiger charge is -2.01. The number of ether oxygens (including phenoxy) is 1. The molecule has 0 aliphatic rings. The number of thioether (sulfide) groups is 1. The first-order chi connectivity index (χ1) is 12.7. The lowest BCUT2D eigenvalue weighted by Crippen LogP contribution is -1.88. The molecule has 7 nitrogen and oxygen atoms in total. The smallest absolute Gasteiger partial charge is 0.277 e. The Hall–Kier alpha value is -2.65. The summed E-state index contributed by atoms with van der Waals surface area (Å²) in [4.78, 5) is 0.945. The highest BCUT2D eigenvalue weighted by atomic mass is 32.2. The van der Waals surface area contributed by atoms with Crippen LogP contribution in [-0.2, 0) is 0 Å². The van der Waals surface area contributed by atoms with Crippen LogP contribution in [0.4, 0.5) is 0 Å². The molecule has 1 atom stereocenters. The molecule has 132 valence electrons. The van der Waals surface area contributed by atoms with E-state index in [0.29, 0.717) is 22.9 Å². The second-order valence-corrected chi connectivity index (χ2v) is 7.52. The molecule has 3 heterocycles. The van der Waals surface area contributed by atoms with Crippen molar-refractivity contribution in [2.45, 2.75) is 17.4 Å². The minimum atomic E-state index is -0.111. The molecule has 0 radical (unpaired) electrons. The van der Waals surface area contributed by atoms with Gasteiger partial charge in [-0.1, -0.05) is 17.8 Å². The van der Waals surface area contributed by atoms with Crippen LogP contribution < -0.4 is 4.74 Å². The largest absolute Gasteiger partial charge is 0.497 e. The van der Waals surface area contributed by atoms with E-state index in [1.165, 1.54) is 11.8 Å². The number of nitrogens with zero attached hydrogens (tertiary/aromatic N) is 4. The Morgan fingerprint density at radius 1 is 1.00 bits per heavy atom. The monoisotopic (exact) mass is 386 g/mol. The number of hydrogen-bond acceptors (Lipinski definition) is 9. The fourth-order valence-electron chi connectivity index (χ4n) is 2.21. The van der Waals surface area contributed by atoms with Crippen molar-refractivity contribution < 1.29 is 13.6 Å². The Bertz CT molecular complexity index is 980. The predicted octanol–water partition coefficient (Wildman–Crippen LogP) is 4.71. The van der Waals surface area contributed by atoms with Crippen molar-refractivity contribution in [3.8, 4) is 28.0 Å². The summed E-state index contributed by atoms with van der Waals surface area (Å²) in [5.74, 6) is 2.26. The third kappa shape index (κ3) is 3.49. The van der Waals surface area contributed by atoms with Gasteiger partial charge in [-0.15, -0.1) is 31.7 Å². The summed E-state index contributed by atoms with van der Waals surface area (Å²) < 4.78 is 16.6. The van der Waals surface area contributed by atoms with Gasteiger partial charge >= 0.3 is 0 Å². The molecule has 1 aromatic carbocycles. The molecule has 0 spiro atoms. The van der Waals surface area contributed by atoms with Crippen LogP contribution in [-0.4, -0.2) is 27.5 Å². The first-order valence-electron chi connectivity index (χ1n) is 7.75. The van der Waals surface area contributed by atoms with Crippen molar-refractivity contribution in [1.29, 1.82) is 0 Å². The minimum Gasteiger partial charge on any atom is -0.497 e. The van der Waals surface area contributed by atoms with Crippen molar-refractivity contribution in [3.05, 3.63) is 47.7 Å². The SMILES string of the molecule is COc1ccc(-c2nnc(S[C@H](C)c3nnc(-c4cccs4)o3)o2)cc1. The molecule has 0 unspecified atom stereocenters. The maximum Gasteiger partial charge on any atom is 0.277 e. The Morgan fingerprint density at radius 2 is 1.81 bits per heavy atom. The molecule has 0 N–H and O–H groups in total. The number of aromatic nitrogens is 4. The standard InChI is InChI=1S/C17H14N4O3S2/c1-10(14-18-20-16(23-14)13-4-3-9-25-13)26-17-21-19-15(24-17)11-5-7-12(22-2)8-6-11/h3-10H,1-2H3/t10-/m1/s1. The highest BCUT2D eigenvalue weighted by molar-refractivity contribution is 7.99. The van der Waals surface area contributed by atoms with Gasteiger partial charge in [-0.05, 0) is 42.6 Å². The molecule has 4 rings (SSSR count). The van der Waals surface area contributed by atoms with E-state index in [-0.39, 0.29) is 5.25 Å². The van der Waals surface area contributed by atoms with E-state index in [1.54, 1.807) is 18.4 Å². The molecule has 0 aliphatic heterocycles. The zero-order valence-corrected chi connectivity index (χ0v) is 15.6. The van der Waals surface area contributed by atoms with Crippen LogP contribution in [0.15, 0.2) is 55.8 Å². The fraction of sp³-hybridized carbons (Fsp3) is 0.176. The minimum absolute atomic E-state index is 0.111. The van der Waals surface area contributed by atoms with Gasteiger partial charge in [0.2, 0.25) is 11.8 Å². The summed E-state index contributed by atoms with van der Waals surface area (Å²) in [6, 6.07) is 11.3. The number of benzene rings is 1. The van der Waals surface area contributed by atoms with Crippen LogP contribution in [0.25, 0.3) is 22.2 Å². The van der Waals surface area contributed by atoms with Crippen molar-refractivity contribution in [2.24, 2.45) is 0 Å². The number of hydrogen-bond donors (Lipinski definition) is 0. The molecule has 0 saturated heterocycles. The van der Waals surface area contributed by atoms with E-state index in [4.69, 9.17) is 13.6 Å². The quantitative estimate of drug-likeness (QED) is 0.440. The van der Waals surface area contributed by atoms with Crippen LogP contribution in [0.2, 0.25) is 0 Å². The average molecular weight is 386 g/mol. The number of methoxy groups -OCH3 is 1. The van der Waals surface area contributed by atoms with E-state index in [2.05, 4.69) is 20.4 Å². The molecule has 26 heavy (non-hydrogen) atoms. The first kappa shape index (κ1) is 16.8. The Balaban J connectivity index is 1.46. The van der Waals surface area contributed by atoms with Crippen LogP contribution in [0.1, 0.15) is 18.1 Å². The second-order valence-electron chi connectivity index (χ2n) is 5.28. The van der Waals surface area contributed by atoms with Gasteiger partial charge in [-0.3, -0.25) is 0 Å². The van der Waals surface area contributed by atoms with Gasteiger partial charge in [-0.2, -0.15) is 0 Å². The highest BCUT2D eigenvalue weighted by Gasteiger charge is 2.20. The Kier molecular flexibility index (Phi) is 4.72. The van der Waals surface area contributed by atoms with Gasteiger partial charge < -0.3 is 13.6 Å². The fourth-order valence-corrected chi connectivity index (χ4v) is 3.57. The van der Waals surface area contributed by atoms with Gasteiger partial charge in [0.25, 0.3) is 11.1 Å². The number of thiophene rings is 1. The zero-order chi connectivity index (χ0) is 17.9.